The Bertz CT molecular complexity index is 1370. The smallest absolute Gasteiger partial charge is 0.340 e. The summed E-state index contributed by atoms with van der Waals surface area (Å²) in [5.41, 5.74) is 4.92. The number of ether oxygens (including phenoxy) is 1. The molecule has 2 aromatic heterocycles. The lowest BCUT2D eigenvalue weighted by molar-refractivity contribution is -0.157. The fraction of sp³-hybridized carbons (Fsp3) is 0.464. The van der Waals surface area contributed by atoms with Crippen LogP contribution in [0.4, 0.5) is 0 Å². The molecule has 3 aliphatic rings. The van der Waals surface area contributed by atoms with Crippen molar-refractivity contribution in [2.75, 3.05) is 26.2 Å². The van der Waals surface area contributed by atoms with Crippen molar-refractivity contribution < 1.29 is 14.6 Å². The number of rotatable bonds is 3. The van der Waals surface area contributed by atoms with E-state index in [2.05, 4.69) is 35.8 Å². The third-order valence-corrected chi connectivity index (χ3v) is 7.44. The Morgan fingerprint density at radius 3 is 2.58 bits per heavy atom. The van der Waals surface area contributed by atoms with Crippen molar-refractivity contribution >= 4 is 16.9 Å². The number of esters is 1. The largest absolute Gasteiger partial charge is 0.458 e. The first-order valence-electron chi connectivity index (χ1n) is 12.9. The number of piperazine rings is 1. The number of cyclic esters (lactones) is 1. The van der Waals surface area contributed by atoms with Crippen LogP contribution in [0.3, 0.4) is 0 Å². The monoisotopic (exact) mass is 490 g/mol. The van der Waals surface area contributed by atoms with Gasteiger partial charge in [0.15, 0.2) is 6.10 Å². The first-order valence-corrected chi connectivity index (χ1v) is 12.9. The maximum atomic E-state index is 13.1. The SMILES string of the molecule is CC.CC(C)N1CCN(Cc2cccc3nc4c(cc23)Cn2c-4cc3c(c2=O)COC(=O)C3O)CC1. The highest BCUT2D eigenvalue weighted by Gasteiger charge is 2.33. The van der Waals surface area contributed by atoms with Crippen molar-refractivity contribution in [1.82, 2.24) is 19.4 Å². The van der Waals surface area contributed by atoms with Crippen molar-refractivity contribution in [3.8, 4) is 11.4 Å². The van der Waals surface area contributed by atoms with Crippen molar-refractivity contribution in [2.45, 2.75) is 59.5 Å². The minimum atomic E-state index is -1.44. The molecular formula is C28H34N4O4. The number of carbonyl (C=O) groups is 1. The van der Waals surface area contributed by atoms with Gasteiger partial charge in [-0.1, -0.05) is 26.0 Å². The summed E-state index contributed by atoms with van der Waals surface area (Å²) in [7, 11) is 0. The van der Waals surface area contributed by atoms with Gasteiger partial charge in [-0.25, -0.2) is 9.78 Å². The first kappa shape index (κ1) is 24.6. The van der Waals surface area contributed by atoms with Crippen LogP contribution in [0.5, 0.6) is 0 Å². The molecule has 5 heterocycles. The molecule has 0 aliphatic carbocycles. The van der Waals surface area contributed by atoms with E-state index in [0.717, 1.165) is 54.9 Å². The fourth-order valence-corrected chi connectivity index (χ4v) is 5.43. The second-order valence-electron chi connectivity index (χ2n) is 9.75. The zero-order chi connectivity index (χ0) is 25.6. The molecular weight excluding hydrogens is 456 g/mol. The van der Waals surface area contributed by atoms with Crippen LogP contribution in [-0.4, -0.2) is 62.6 Å². The third-order valence-electron chi connectivity index (χ3n) is 7.44. The molecule has 1 aromatic carbocycles. The van der Waals surface area contributed by atoms with Crippen molar-refractivity contribution in [1.29, 1.82) is 0 Å². The normalized spacial score (nSPS) is 19.4. The number of hydrogen-bond acceptors (Lipinski definition) is 7. The van der Waals surface area contributed by atoms with E-state index in [1.807, 2.05) is 26.0 Å². The van der Waals surface area contributed by atoms with Gasteiger partial charge in [0.25, 0.3) is 5.56 Å². The molecule has 3 aliphatic heterocycles. The van der Waals surface area contributed by atoms with Gasteiger partial charge in [-0.3, -0.25) is 14.6 Å². The summed E-state index contributed by atoms with van der Waals surface area (Å²) in [6.07, 6.45) is -1.44. The van der Waals surface area contributed by atoms with Gasteiger partial charge in [-0.05, 0) is 37.6 Å². The van der Waals surface area contributed by atoms with Gasteiger partial charge in [0.05, 0.1) is 29.0 Å². The minimum Gasteiger partial charge on any atom is -0.458 e. The zero-order valence-corrected chi connectivity index (χ0v) is 21.5. The molecule has 1 atom stereocenters. The number of nitrogens with zero attached hydrogens (tertiary/aromatic N) is 4. The van der Waals surface area contributed by atoms with Crippen molar-refractivity contribution in [3.63, 3.8) is 0 Å². The average Bonchev–Trinajstić information content (AvgIpc) is 3.25. The van der Waals surface area contributed by atoms with Crippen LogP contribution in [-0.2, 0) is 29.2 Å². The maximum Gasteiger partial charge on any atom is 0.340 e. The number of benzene rings is 1. The summed E-state index contributed by atoms with van der Waals surface area (Å²) in [6, 6.07) is 10.7. The molecule has 0 saturated carbocycles. The Labute approximate surface area is 211 Å². The standard InChI is InChI=1S/C26H28N4O4.C2H6/c1-15(2)29-8-6-28(7-9-29)12-16-4-3-5-21-18(16)10-17-13-30-22(23(17)27-21)11-19-20(25(30)32)14-34-26(33)24(19)31;1-2/h3-5,10-11,15,24,31H,6-9,12-14H2,1-2H3;1-2H3. The minimum absolute atomic E-state index is 0.107. The second-order valence-corrected chi connectivity index (χ2v) is 9.75. The molecule has 6 rings (SSSR count). The summed E-state index contributed by atoms with van der Waals surface area (Å²) in [5.74, 6) is -0.722. The molecule has 0 spiro atoms. The van der Waals surface area contributed by atoms with Gasteiger partial charge in [0, 0.05) is 55.3 Å². The van der Waals surface area contributed by atoms with E-state index in [9.17, 15) is 14.7 Å². The van der Waals surface area contributed by atoms with Crippen LogP contribution in [0, 0.1) is 0 Å². The van der Waals surface area contributed by atoms with Gasteiger partial charge in [-0.15, -0.1) is 0 Å². The van der Waals surface area contributed by atoms with E-state index in [4.69, 9.17) is 9.72 Å². The van der Waals surface area contributed by atoms with E-state index in [1.54, 1.807) is 10.6 Å². The van der Waals surface area contributed by atoms with E-state index in [-0.39, 0.29) is 12.2 Å². The van der Waals surface area contributed by atoms with Crippen LogP contribution in [0.15, 0.2) is 35.1 Å². The molecule has 1 unspecified atom stereocenters. The van der Waals surface area contributed by atoms with Gasteiger partial charge in [-0.2, -0.15) is 0 Å². The van der Waals surface area contributed by atoms with Crippen molar-refractivity contribution in [2.24, 2.45) is 0 Å². The molecule has 0 amide bonds. The fourth-order valence-electron chi connectivity index (χ4n) is 5.43. The van der Waals surface area contributed by atoms with Crippen LogP contribution in [0.1, 0.15) is 56.1 Å². The molecule has 0 bridgehead atoms. The van der Waals surface area contributed by atoms with Gasteiger partial charge < -0.3 is 14.4 Å². The molecule has 190 valence electrons. The molecule has 1 fully saturated rings. The third kappa shape index (κ3) is 4.13. The molecule has 3 aromatic rings. The number of aliphatic hydroxyl groups excluding tert-OH is 1. The van der Waals surface area contributed by atoms with Crippen LogP contribution in [0.25, 0.3) is 22.3 Å². The average molecular weight is 491 g/mol. The van der Waals surface area contributed by atoms with Crippen molar-refractivity contribution in [3.05, 3.63) is 62.9 Å². The summed E-state index contributed by atoms with van der Waals surface area (Å²) in [5, 5.41) is 11.4. The quantitative estimate of drug-likeness (QED) is 0.442. The number of fused-ring (bicyclic) bond motifs is 5. The molecule has 1 N–H and O–H groups in total. The van der Waals surface area contributed by atoms with E-state index >= 15 is 0 Å². The van der Waals surface area contributed by atoms with E-state index < -0.39 is 12.1 Å². The number of aliphatic hydroxyl groups is 1. The number of pyridine rings is 2. The Hall–Kier alpha value is -3.07. The highest BCUT2D eigenvalue weighted by atomic mass is 16.5. The lowest BCUT2D eigenvalue weighted by Gasteiger charge is -2.37. The van der Waals surface area contributed by atoms with E-state index in [1.165, 1.54) is 5.56 Å². The molecule has 1 saturated heterocycles. The highest BCUT2D eigenvalue weighted by molar-refractivity contribution is 5.87. The lowest BCUT2D eigenvalue weighted by atomic mass is 10.00. The summed E-state index contributed by atoms with van der Waals surface area (Å²) < 4.78 is 6.65. The first-order chi connectivity index (χ1) is 17.4. The van der Waals surface area contributed by atoms with Crippen LogP contribution < -0.4 is 5.56 Å². The summed E-state index contributed by atoms with van der Waals surface area (Å²) in [6.45, 7) is 13.9. The molecule has 8 nitrogen and oxygen atoms in total. The maximum absolute atomic E-state index is 13.1. The molecule has 0 radical (unpaired) electrons. The zero-order valence-electron chi connectivity index (χ0n) is 21.5. The Balaban J connectivity index is 0.00000130. The summed E-state index contributed by atoms with van der Waals surface area (Å²) in [4.78, 5) is 34.9. The second kappa shape index (κ2) is 9.76. The molecule has 8 heteroatoms. The predicted molar refractivity (Wildman–Crippen MR) is 139 cm³/mol. The van der Waals surface area contributed by atoms with E-state index in [0.29, 0.717) is 29.4 Å². The van der Waals surface area contributed by atoms with Gasteiger partial charge in [0.2, 0.25) is 0 Å². The molecule has 36 heavy (non-hydrogen) atoms. The van der Waals surface area contributed by atoms with Crippen LogP contribution in [0.2, 0.25) is 0 Å². The number of hydrogen-bond donors (Lipinski definition) is 1. The Kier molecular flexibility index (Phi) is 6.68. The highest BCUT2D eigenvalue weighted by Crippen LogP contribution is 2.36. The Morgan fingerprint density at radius 2 is 1.86 bits per heavy atom. The lowest BCUT2D eigenvalue weighted by Crippen LogP contribution is -2.48. The van der Waals surface area contributed by atoms with Gasteiger partial charge in [0.1, 0.15) is 6.61 Å². The summed E-state index contributed by atoms with van der Waals surface area (Å²) >= 11 is 0. The number of aromatic nitrogens is 2. The predicted octanol–water partition coefficient (Wildman–Crippen LogP) is 3.07. The Morgan fingerprint density at radius 1 is 1.11 bits per heavy atom. The topological polar surface area (TPSA) is 87.9 Å². The number of carbonyl (C=O) groups excluding carboxylic acids is 1. The van der Waals surface area contributed by atoms with Crippen LogP contribution >= 0.6 is 0 Å². The van der Waals surface area contributed by atoms with Gasteiger partial charge >= 0.3 is 5.97 Å².